The van der Waals surface area contributed by atoms with Gasteiger partial charge in [0.25, 0.3) is 11.8 Å². The van der Waals surface area contributed by atoms with Gasteiger partial charge in [-0.15, -0.1) is 0 Å². The maximum Gasteiger partial charge on any atom is 0.306 e. The van der Waals surface area contributed by atoms with E-state index in [1.807, 2.05) is 97.1 Å². The van der Waals surface area contributed by atoms with Crippen molar-refractivity contribution in [2.75, 3.05) is 36.4 Å². The number of esters is 1. The van der Waals surface area contributed by atoms with Crippen LogP contribution in [-0.2, 0) is 9.53 Å². The van der Waals surface area contributed by atoms with Gasteiger partial charge in [0.05, 0.1) is 23.5 Å². The number of nitrogens with one attached hydrogen (secondary N) is 1. The van der Waals surface area contributed by atoms with Gasteiger partial charge in [-0.2, -0.15) is 5.10 Å². The van der Waals surface area contributed by atoms with Gasteiger partial charge in [-0.05, 0) is 119 Å². The predicted molar refractivity (Wildman–Crippen MR) is 182 cm³/mol. The maximum absolute atomic E-state index is 13.2. The Balaban J connectivity index is 1.04. The van der Waals surface area contributed by atoms with Gasteiger partial charge in [-0.3, -0.25) is 14.4 Å². The first-order valence-corrected chi connectivity index (χ1v) is 16.5. The summed E-state index contributed by atoms with van der Waals surface area (Å²) in [5, 5.41) is 18.2. The van der Waals surface area contributed by atoms with Crippen molar-refractivity contribution < 1.29 is 24.2 Å². The molecular formula is C37H43N5O5. The zero-order valence-corrected chi connectivity index (χ0v) is 27.3. The molecule has 0 radical (unpaired) electrons. The Bertz CT molecular complexity index is 1730. The molecule has 246 valence electrons. The number of aliphatic hydroxyl groups excluding tert-OH is 1. The molecule has 4 aromatic rings. The summed E-state index contributed by atoms with van der Waals surface area (Å²) in [7, 11) is 0. The Morgan fingerprint density at radius 2 is 1.49 bits per heavy atom. The highest BCUT2D eigenvalue weighted by Gasteiger charge is 2.27. The number of nitrogens with zero attached hydrogens (tertiary/aromatic N) is 4. The van der Waals surface area contributed by atoms with Gasteiger partial charge in [-0.1, -0.05) is 0 Å². The summed E-state index contributed by atoms with van der Waals surface area (Å²) in [6.07, 6.45) is 5.00. The summed E-state index contributed by atoms with van der Waals surface area (Å²) in [4.78, 5) is 42.5. The van der Waals surface area contributed by atoms with Crippen LogP contribution in [0.15, 0.2) is 72.9 Å². The third-order valence-electron chi connectivity index (χ3n) is 8.92. The highest BCUT2D eigenvalue weighted by Crippen LogP contribution is 2.26. The molecule has 0 aliphatic carbocycles. The van der Waals surface area contributed by atoms with Gasteiger partial charge in [0.15, 0.2) is 0 Å². The van der Waals surface area contributed by atoms with Crippen LogP contribution < -0.4 is 10.2 Å². The number of benzene rings is 3. The first-order chi connectivity index (χ1) is 22.5. The molecule has 0 atom stereocenters. The van der Waals surface area contributed by atoms with Crippen molar-refractivity contribution in [2.45, 2.75) is 64.6 Å². The number of likely N-dealkylation sites (tertiary alicyclic amines) is 1. The van der Waals surface area contributed by atoms with Gasteiger partial charge in [0.1, 0.15) is 5.60 Å². The van der Waals surface area contributed by atoms with E-state index in [0.29, 0.717) is 36.3 Å². The van der Waals surface area contributed by atoms with E-state index in [9.17, 15) is 19.5 Å². The third-order valence-corrected chi connectivity index (χ3v) is 8.92. The summed E-state index contributed by atoms with van der Waals surface area (Å²) < 4.78 is 7.28. The van der Waals surface area contributed by atoms with E-state index in [2.05, 4.69) is 15.3 Å². The largest absolute Gasteiger partial charge is 0.460 e. The molecule has 3 aromatic carbocycles. The number of hydrogen-bond acceptors (Lipinski definition) is 7. The molecule has 10 nitrogen and oxygen atoms in total. The van der Waals surface area contributed by atoms with Crippen molar-refractivity contribution in [2.24, 2.45) is 5.92 Å². The minimum absolute atomic E-state index is 0.0149. The molecule has 47 heavy (non-hydrogen) atoms. The van der Waals surface area contributed by atoms with Crippen LogP contribution in [0.2, 0.25) is 0 Å². The van der Waals surface area contributed by atoms with Crippen LogP contribution in [0.1, 0.15) is 73.6 Å². The van der Waals surface area contributed by atoms with Crippen molar-refractivity contribution in [1.29, 1.82) is 0 Å². The number of piperidine rings is 2. The van der Waals surface area contributed by atoms with E-state index in [0.717, 1.165) is 61.1 Å². The van der Waals surface area contributed by atoms with E-state index >= 15 is 0 Å². The fourth-order valence-corrected chi connectivity index (χ4v) is 6.35. The molecule has 10 heteroatoms. The number of hydrogen-bond donors (Lipinski definition) is 2. The second-order valence-electron chi connectivity index (χ2n) is 13.6. The minimum atomic E-state index is -0.488. The normalized spacial score (nSPS) is 16.3. The highest BCUT2D eigenvalue weighted by atomic mass is 16.6. The number of anilines is 2. The highest BCUT2D eigenvalue weighted by molar-refractivity contribution is 6.05. The zero-order valence-electron chi connectivity index (χ0n) is 27.3. The number of aliphatic hydroxyl groups is 1. The topological polar surface area (TPSA) is 117 Å². The molecule has 2 aliphatic rings. The first-order valence-electron chi connectivity index (χ1n) is 16.5. The van der Waals surface area contributed by atoms with Gasteiger partial charge < -0.3 is 25.0 Å². The molecule has 2 amide bonds. The summed E-state index contributed by atoms with van der Waals surface area (Å²) >= 11 is 0. The third kappa shape index (κ3) is 7.82. The lowest BCUT2D eigenvalue weighted by atomic mass is 9.93. The lowest BCUT2D eigenvalue weighted by molar-refractivity contribution is -0.156. The van der Waals surface area contributed by atoms with Crippen molar-refractivity contribution in [3.05, 3.63) is 84.1 Å². The van der Waals surface area contributed by atoms with Crippen LogP contribution in [0.5, 0.6) is 0 Å². The molecule has 0 unspecified atom stereocenters. The molecule has 2 aliphatic heterocycles. The van der Waals surface area contributed by atoms with Crippen LogP contribution in [0.4, 0.5) is 11.4 Å². The predicted octanol–water partition coefficient (Wildman–Crippen LogP) is 5.82. The number of carbonyl (C=O) groups is 3. The Morgan fingerprint density at radius 1 is 0.851 bits per heavy atom. The SMILES string of the molecule is CC(C)(C)OC(=O)CC1CCN(C(=O)c2ccc(-n3ncc4cc(NC(=O)c5ccc(N6CCC(O)CC6)cc5)ccc43)cc2)CC1. The van der Waals surface area contributed by atoms with Crippen LogP contribution in [0.3, 0.4) is 0 Å². The number of carbonyl (C=O) groups excluding carboxylic acids is 3. The molecule has 3 heterocycles. The van der Waals surface area contributed by atoms with Crippen LogP contribution in [-0.4, -0.2) is 75.5 Å². The fraction of sp³-hybridized carbons (Fsp3) is 0.405. The average molecular weight is 638 g/mol. The van der Waals surface area contributed by atoms with Crippen LogP contribution >= 0.6 is 0 Å². The quantitative estimate of drug-likeness (QED) is 0.245. The number of fused-ring (bicyclic) bond motifs is 1. The van der Waals surface area contributed by atoms with Crippen molar-refractivity contribution >= 4 is 40.1 Å². The van der Waals surface area contributed by atoms with Gasteiger partial charge in [0, 0.05) is 60.5 Å². The van der Waals surface area contributed by atoms with E-state index in [1.165, 1.54) is 0 Å². The Hall–Kier alpha value is -4.70. The molecule has 1 aromatic heterocycles. The number of amides is 2. The molecule has 2 N–H and O–H groups in total. The summed E-state index contributed by atoms with van der Waals surface area (Å²) in [6.45, 7) is 8.46. The molecular weight excluding hydrogens is 594 g/mol. The van der Waals surface area contributed by atoms with Crippen molar-refractivity contribution in [3.8, 4) is 5.69 Å². The fourth-order valence-electron chi connectivity index (χ4n) is 6.35. The Kier molecular flexibility index (Phi) is 9.31. The lowest BCUT2D eigenvalue weighted by Gasteiger charge is -2.32. The van der Waals surface area contributed by atoms with E-state index in [1.54, 1.807) is 6.20 Å². The van der Waals surface area contributed by atoms with Crippen molar-refractivity contribution in [3.63, 3.8) is 0 Å². The number of rotatable bonds is 7. The second-order valence-corrected chi connectivity index (χ2v) is 13.6. The van der Waals surface area contributed by atoms with Crippen LogP contribution in [0.25, 0.3) is 16.6 Å². The van der Waals surface area contributed by atoms with Gasteiger partial charge >= 0.3 is 5.97 Å². The standard InChI is InChI=1S/C37H43N5O5/c1-37(2,3)47-34(44)22-25-14-18-41(19-15-25)36(46)27-6-11-31(12-7-27)42-33-13-8-29(23-28(33)24-38-42)39-35(45)26-4-9-30(10-5-26)40-20-16-32(43)17-21-40/h4-13,23-25,32,43H,14-22H2,1-3H3,(H,39,45). The maximum atomic E-state index is 13.2. The average Bonchev–Trinajstić information content (AvgIpc) is 3.48. The van der Waals surface area contributed by atoms with Crippen molar-refractivity contribution in [1.82, 2.24) is 14.7 Å². The summed E-state index contributed by atoms with van der Waals surface area (Å²) in [5.41, 5.74) is 4.13. The number of aromatic nitrogens is 2. The van der Waals surface area contributed by atoms with Gasteiger partial charge in [-0.25, -0.2) is 4.68 Å². The molecule has 6 rings (SSSR count). The Labute approximate surface area is 275 Å². The molecule has 2 fully saturated rings. The smallest absolute Gasteiger partial charge is 0.306 e. The van der Waals surface area contributed by atoms with E-state index in [-0.39, 0.29) is 29.8 Å². The zero-order chi connectivity index (χ0) is 33.1. The monoisotopic (exact) mass is 637 g/mol. The summed E-state index contributed by atoms with van der Waals surface area (Å²) in [5.74, 6) is -0.155. The van der Waals surface area contributed by atoms with E-state index < -0.39 is 5.60 Å². The Morgan fingerprint density at radius 3 is 2.15 bits per heavy atom. The molecule has 2 saturated heterocycles. The van der Waals surface area contributed by atoms with E-state index in [4.69, 9.17) is 4.74 Å². The van der Waals surface area contributed by atoms with Crippen LogP contribution in [0, 0.1) is 5.92 Å². The van der Waals surface area contributed by atoms with Gasteiger partial charge in [0.2, 0.25) is 0 Å². The molecule has 0 bridgehead atoms. The number of ether oxygens (including phenoxy) is 1. The lowest BCUT2D eigenvalue weighted by Crippen LogP contribution is -2.39. The molecule has 0 spiro atoms. The summed E-state index contributed by atoms with van der Waals surface area (Å²) in [6, 6.07) is 20.7. The minimum Gasteiger partial charge on any atom is -0.460 e. The molecule has 0 saturated carbocycles. The second kappa shape index (κ2) is 13.6. The first kappa shape index (κ1) is 32.2.